The van der Waals surface area contributed by atoms with Gasteiger partial charge in [-0.05, 0) is 36.4 Å². The molecule has 0 saturated heterocycles. The summed E-state index contributed by atoms with van der Waals surface area (Å²) in [5, 5.41) is 0.571. The largest absolute Gasteiger partial charge is 0.454 e. The van der Waals surface area contributed by atoms with Gasteiger partial charge in [0.2, 0.25) is 0 Å². The summed E-state index contributed by atoms with van der Waals surface area (Å²) in [6, 6.07) is 8.83. The first-order valence-electron chi connectivity index (χ1n) is 9.38. The Morgan fingerprint density at radius 2 is 1.77 bits per heavy atom. The second-order valence-corrected chi connectivity index (χ2v) is 9.24. The van der Waals surface area contributed by atoms with Crippen molar-refractivity contribution in [3.63, 3.8) is 0 Å². The summed E-state index contributed by atoms with van der Waals surface area (Å²) < 4.78 is 59.7. The van der Waals surface area contributed by atoms with E-state index in [2.05, 4.69) is 4.98 Å². The van der Waals surface area contributed by atoms with E-state index in [9.17, 15) is 22.0 Å². The van der Waals surface area contributed by atoms with Gasteiger partial charge in [-0.25, -0.2) is 17.2 Å². The molecule has 4 aromatic rings. The van der Waals surface area contributed by atoms with Gasteiger partial charge in [0.15, 0.2) is 21.4 Å². The van der Waals surface area contributed by atoms with Gasteiger partial charge in [-0.3, -0.25) is 4.79 Å². The topological polar surface area (TPSA) is 81.2 Å². The number of pyridine rings is 1. The molecule has 0 fully saturated rings. The van der Waals surface area contributed by atoms with Gasteiger partial charge in [0.1, 0.15) is 17.1 Å². The lowest BCUT2D eigenvalue weighted by molar-refractivity contribution is 0.438. The molecule has 0 spiro atoms. The highest BCUT2D eigenvalue weighted by Gasteiger charge is 2.20. The quantitative estimate of drug-likeness (QED) is 0.495. The van der Waals surface area contributed by atoms with E-state index in [4.69, 9.17) is 4.74 Å². The predicted octanol–water partition coefficient (Wildman–Crippen LogP) is 4.40. The Bertz CT molecular complexity index is 1470. The summed E-state index contributed by atoms with van der Waals surface area (Å²) in [5.41, 5.74) is 0.972. The van der Waals surface area contributed by atoms with Crippen LogP contribution in [0.25, 0.3) is 22.0 Å². The molecule has 6 nitrogen and oxygen atoms in total. The van der Waals surface area contributed by atoms with Crippen molar-refractivity contribution in [2.45, 2.75) is 11.8 Å². The van der Waals surface area contributed by atoms with Crippen LogP contribution in [0.1, 0.15) is 6.92 Å². The molecule has 31 heavy (non-hydrogen) atoms. The maximum Gasteiger partial charge on any atom is 0.272 e. The number of benzene rings is 2. The summed E-state index contributed by atoms with van der Waals surface area (Å²) in [6.07, 6.45) is 3.16. The Kier molecular flexibility index (Phi) is 5.14. The van der Waals surface area contributed by atoms with Gasteiger partial charge in [-0.2, -0.15) is 0 Å². The van der Waals surface area contributed by atoms with E-state index in [1.807, 2.05) is 0 Å². The third-order valence-electron chi connectivity index (χ3n) is 4.99. The minimum absolute atomic E-state index is 0.0683. The van der Waals surface area contributed by atoms with Crippen LogP contribution in [0.4, 0.5) is 8.78 Å². The third-order valence-corrected chi connectivity index (χ3v) is 6.73. The summed E-state index contributed by atoms with van der Waals surface area (Å²) in [4.78, 5) is 15.0. The number of rotatable bonds is 5. The van der Waals surface area contributed by atoms with E-state index < -0.39 is 21.5 Å². The van der Waals surface area contributed by atoms with Gasteiger partial charge in [-0.1, -0.05) is 6.92 Å². The van der Waals surface area contributed by atoms with Gasteiger partial charge >= 0.3 is 0 Å². The Hall–Kier alpha value is -3.46. The number of ether oxygens (including phenoxy) is 1. The minimum atomic E-state index is -3.54. The maximum atomic E-state index is 14.2. The fraction of sp³-hybridized carbons (Fsp3) is 0.136. The van der Waals surface area contributed by atoms with Crippen LogP contribution in [0.3, 0.4) is 0 Å². The lowest BCUT2D eigenvalue weighted by atomic mass is 10.0. The zero-order valence-corrected chi connectivity index (χ0v) is 17.5. The minimum Gasteiger partial charge on any atom is -0.454 e. The molecule has 4 rings (SSSR count). The van der Waals surface area contributed by atoms with E-state index in [0.717, 1.165) is 12.1 Å². The number of nitrogens with one attached hydrogen (secondary N) is 1. The highest BCUT2D eigenvalue weighted by molar-refractivity contribution is 7.91. The first kappa shape index (κ1) is 20.8. The van der Waals surface area contributed by atoms with Crippen LogP contribution in [-0.2, 0) is 16.9 Å². The second kappa shape index (κ2) is 7.66. The normalized spacial score (nSPS) is 11.7. The number of aromatic nitrogens is 2. The fourth-order valence-electron chi connectivity index (χ4n) is 3.43. The van der Waals surface area contributed by atoms with E-state index in [1.165, 1.54) is 31.3 Å². The summed E-state index contributed by atoms with van der Waals surface area (Å²) in [7, 11) is -1.85. The molecule has 160 valence electrons. The Morgan fingerprint density at radius 1 is 1.03 bits per heavy atom. The number of H-pyrrole nitrogens is 1. The molecule has 2 aromatic heterocycles. The van der Waals surface area contributed by atoms with Crippen LogP contribution in [-0.4, -0.2) is 23.7 Å². The van der Waals surface area contributed by atoms with Gasteiger partial charge in [0, 0.05) is 42.0 Å². The highest BCUT2D eigenvalue weighted by atomic mass is 32.2. The van der Waals surface area contributed by atoms with Crippen molar-refractivity contribution >= 4 is 20.7 Å². The summed E-state index contributed by atoms with van der Waals surface area (Å²) in [5.74, 6) is -1.80. The van der Waals surface area contributed by atoms with Crippen LogP contribution in [0, 0.1) is 11.6 Å². The van der Waals surface area contributed by atoms with Crippen molar-refractivity contribution in [3.05, 3.63) is 76.8 Å². The van der Waals surface area contributed by atoms with Gasteiger partial charge in [0.05, 0.1) is 10.6 Å². The fourth-order valence-corrected chi connectivity index (χ4v) is 4.33. The smallest absolute Gasteiger partial charge is 0.272 e. The SMILES string of the molecule is CCS(=O)(=O)c1ccc(Oc2ccc(F)cc2F)c(-c2cn(C)c3c(=O)[nH]ccc23)c1. The molecule has 0 saturated carbocycles. The lowest BCUT2D eigenvalue weighted by Gasteiger charge is -2.13. The number of fused-ring (bicyclic) bond motifs is 1. The lowest BCUT2D eigenvalue weighted by Crippen LogP contribution is -2.07. The van der Waals surface area contributed by atoms with E-state index >= 15 is 0 Å². The number of sulfone groups is 1. The molecule has 0 aliphatic rings. The number of aromatic amines is 1. The number of hydrogen-bond donors (Lipinski definition) is 1. The van der Waals surface area contributed by atoms with Crippen molar-refractivity contribution in [3.8, 4) is 22.6 Å². The van der Waals surface area contributed by atoms with E-state index in [1.54, 1.807) is 23.9 Å². The molecule has 0 atom stereocenters. The van der Waals surface area contributed by atoms with Crippen molar-refractivity contribution in [1.82, 2.24) is 9.55 Å². The molecule has 2 aromatic carbocycles. The molecule has 0 radical (unpaired) electrons. The number of nitrogens with zero attached hydrogens (tertiary/aromatic N) is 1. The summed E-state index contributed by atoms with van der Waals surface area (Å²) in [6.45, 7) is 1.53. The maximum absolute atomic E-state index is 14.2. The van der Waals surface area contributed by atoms with Gasteiger partial charge in [0.25, 0.3) is 5.56 Å². The second-order valence-electron chi connectivity index (χ2n) is 6.96. The van der Waals surface area contributed by atoms with Crippen LogP contribution < -0.4 is 10.3 Å². The van der Waals surface area contributed by atoms with Crippen molar-refractivity contribution in [2.75, 3.05) is 5.75 Å². The van der Waals surface area contributed by atoms with E-state index in [0.29, 0.717) is 28.1 Å². The van der Waals surface area contributed by atoms with E-state index in [-0.39, 0.29) is 27.7 Å². The Morgan fingerprint density at radius 3 is 2.48 bits per heavy atom. The van der Waals surface area contributed by atoms with Crippen LogP contribution in [0.2, 0.25) is 0 Å². The molecular formula is C22H18F2N2O4S. The third kappa shape index (κ3) is 3.72. The van der Waals surface area contributed by atoms with Crippen LogP contribution in [0.15, 0.2) is 64.5 Å². The van der Waals surface area contributed by atoms with Gasteiger partial charge in [-0.15, -0.1) is 0 Å². The number of aryl methyl sites for hydroxylation is 1. The average molecular weight is 444 g/mol. The molecule has 0 bridgehead atoms. The first-order chi connectivity index (χ1) is 14.7. The molecule has 1 N–H and O–H groups in total. The van der Waals surface area contributed by atoms with Crippen LogP contribution in [0.5, 0.6) is 11.5 Å². The molecule has 0 amide bonds. The number of hydrogen-bond acceptors (Lipinski definition) is 4. The highest BCUT2D eigenvalue weighted by Crippen LogP contribution is 2.39. The Balaban J connectivity index is 1.98. The van der Waals surface area contributed by atoms with Crippen LogP contribution >= 0.6 is 0 Å². The zero-order chi connectivity index (χ0) is 22.3. The molecule has 2 heterocycles. The molecular weight excluding hydrogens is 426 g/mol. The standard InChI is InChI=1S/C22H18F2N2O4S/c1-3-31(28,29)14-5-7-19(30-20-6-4-13(23)10-18(20)24)16(11-14)17-12-26(2)21-15(17)8-9-25-22(21)27/h4-12H,3H2,1-2H3,(H,25,27). The molecule has 9 heteroatoms. The first-order valence-corrected chi connectivity index (χ1v) is 11.0. The van der Waals surface area contributed by atoms with Crippen molar-refractivity contribution < 1.29 is 21.9 Å². The summed E-state index contributed by atoms with van der Waals surface area (Å²) >= 11 is 0. The van der Waals surface area contributed by atoms with Crippen molar-refractivity contribution in [2.24, 2.45) is 7.05 Å². The van der Waals surface area contributed by atoms with Crippen molar-refractivity contribution in [1.29, 1.82) is 0 Å². The Labute approximate surface area is 176 Å². The monoisotopic (exact) mass is 444 g/mol. The molecule has 0 aliphatic heterocycles. The number of halogens is 2. The molecule has 0 aliphatic carbocycles. The van der Waals surface area contributed by atoms with Gasteiger partial charge < -0.3 is 14.3 Å². The predicted molar refractivity (Wildman–Crippen MR) is 113 cm³/mol. The average Bonchev–Trinajstić information content (AvgIpc) is 3.08. The zero-order valence-electron chi connectivity index (χ0n) is 16.6. The molecule has 0 unspecified atom stereocenters.